The molecule has 1 saturated heterocycles. The molecule has 0 radical (unpaired) electrons. The average molecular weight is 277 g/mol. The number of fused-ring (bicyclic) bond motifs is 1. The smallest absolute Gasteiger partial charge is 0.228 e. The van der Waals surface area contributed by atoms with Crippen LogP contribution in [0.2, 0.25) is 0 Å². The number of carbonyl (C=O) groups excluding carboxylic acids is 1. The summed E-state index contributed by atoms with van der Waals surface area (Å²) in [7, 11) is 0. The van der Waals surface area contributed by atoms with Crippen LogP contribution in [-0.4, -0.2) is 33.3 Å². The van der Waals surface area contributed by atoms with Gasteiger partial charge in [0.2, 0.25) is 5.91 Å². The van der Waals surface area contributed by atoms with Gasteiger partial charge in [0.25, 0.3) is 0 Å². The number of amides is 1. The topological polar surface area (TPSA) is 37.6 Å². The Balaban J connectivity index is 1.65. The van der Waals surface area contributed by atoms with Crippen molar-refractivity contribution >= 4 is 22.2 Å². The maximum Gasteiger partial charge on any atom is 0.228 e. The van der Waals surface area contributed by atoms with Crippen LogP contribution in [0.4, 0.5) is 0 Å². The van der Waals surface area contributed by atoms with Gasteiger partial charge in [0, 0.05) is 30.9 Å². The van der Waals surface area contributed by atoms with Gasteiger partial charge in [-0.2, -0.15) is 0 Å². The molecule has 0 bridgehead atoms. The second-order valence-electron chi connectivity index (χ2n) is 5.42. The summed E-state index contributed by atoms with van der Waals surface area (Å²) in [6.45, 7) is 4.09. The van der Waals surface area contributed by atoms with Crippen molar-refractivity contribution < 1.29 is 4.79 Å². The number of hydrogen-bond acceptors (Lipinski definition) is 3. The van der Waals surface area contributed by atoms with Gasteiger partial charge in [-0.1, -0.05) is 6.92 Å². The molecule has 0 N–H and O–H groups in total. The first-order valence-corrected chi connectivity index (χ1v) is 7.79. The minimum absolute atomic E-state index is 0.222. The largest absolute Gasteiger partial charge is 0.342 e. The molecule has 3 rings (SSSR count). The zero-order valence-corrected chi connectivity index (χ0v) is 12.0. The fourth-order valence-corrected chi connectivity index (χ4v) is 3.36. The summed E-state index contributed by atoms with van der Waals surface area (Å²) in [5, 5.41) is 2.00. The van der Waals surface area contributed by atoms with Crippen molar-refractivity contribution in [2.75, 3.05) is 13.1 Å². The van der Waals surface area contributed by atoms with Gasteiger partial charge in [-0.25, -0.2) is 4.98 Å². The van der Waals surface area contributed by atoms with Gasteiger partial charge in [0.15, 0.2) is 4.96 Å². The third kappa shape index (κ3) is 2.81. The highest BCUT2D eigenvalue weighted by molar-refractivity contribution is 7.15. The predicted octanol–water partition coefficient (Wildman–Crippen LogP) is 2.59. The van der Waals surface area contributed by atoms with Crippen molar-refractivity contribution in [3.8, 4) is 0 Å². The van der Waals surface area contributed by atoms with Crippen LogP contribution in [-0.2, 0) is 11.2 Å². The lowest BCUT2D eigenvalue weighted by atomic mass is 10.0. The lowest BCUT2D eigenvalue weighted by Crippen LogP contribution is -2.33. The molecule has 4 nitrogen and oxygen atoms in total. The van der Waals surface area contributed by atoms with Crippen molar-refractivity contribution in [3.05, 3.63) is 23.5 Å². The van der Waals surface area contributed by atoms with E-state index in [1.165, 1.54) is 6.42 Å². The Morgan fingerprint density at radius 3 is 3.21 bits per heavy atom. The number of aromatic nitrogens is 2. The second kappa shape index (κ2) is 5.33. The summed E-state index contributed by atoms with van der Waals surface area (Å²) < 4.78 is 1.98. The van der Waals surface area contributed by atoms with E-state index in [0.29, 0.717) is 6.42 Å². The van der Waals surface area contributed by atoms with Crippen molar-refractivity contribution in [2.24, 2.45) is 5.92 Å². The molecule has 1 atom stereocenters. The van der Waals surface area contributed by atoms with E-state index in [4.69, 9.17) is 0 Å². The Labute approximate surface area is 117 Å². The minimum Gasteiger partial charge on any atom is -0.342 e. The van der Waals surface area contributed by atoms with Crippen LogP contribution in [0, 0.1) is 5.92 Å². The van der Waals surface area contributed by atoms with Crippen molar-refractivity contribution in [3.63, 3.8) is 0 Å². The molecule has 1 aliphatic heterocycles. The summed E-state index contributed by atoms with van der Waals surface area (Å²) >= 11 is 1.60. The fourth-order valence-electron chi connectivity index (χ4n) is 2.64. The van der Waals surface area contributed by atoms with Crippen molar-refractivity contribution in [1.29, 1.82) is 0 Å². The highest BCUT2D eigenvalue weighted by Crippen LogP contribution is 2.18. The number of thiazole rings is 1. The van der Waals surface area contributed by atoms with E-state index in [9.17, 15) is 4.79 Å². The summed E-state index contributed by atoms with van der Waals surface area (Å²) in [6.07, 6.45) is 7.88. The third-order valence-corrected chi connectivity index (χ3v) is 4.62. The SMILES string of the molecule is C[C@H]1CCCN(C(=O)Cc2cn3ccsc3n2)CC1. The van der Waals surface area contributed by atoms with Gasteiger partial charge in [0.05, 0.1) is 12.1 Å². The molecule has 1 fully saturated rings. The van der Waals surface area contributed by atoms with E-state index in [1.54, 1.807) is 11.3 Å². The lowest BCUT2D eigenvalue weighted by Gasteiger charge is -2.19. The molecule has 0 aromatic carbocycles. The van der Waals surface area contributed by atoms with E-state index >= 15 is 0 Å². The highest BCUT2D eigenvalue weighted by Gasteiger charge is 2.19. The number of hydrogen-bond donors (Lipinski definition) is 0. The number of likely N-dealkylation sites (tertiary alicyclic amines) is 1. The zero-order chi connectivity index (χ0) is 13.2. The Hall–Kier alpha value is -1.36. The third-order valence-electron chi connectivity index (χ3n) is 3.84. The molecule has 102 valence electrons. The van der Waals surface area contributed by atoms with Crippen LogP contribution >= 0.6 is 11.3 Å². The van der Waals surface area contributed by atoms with Gasteiger partial charge < -0.3 is 4.90 Å². The first-order valence-electron chi connectivity index (χ1n) is 6.91. The summed E-state index contributed by atoms with van der Waals surface area (Å²) in [4.78, 5) is 19.8. The summed E-state index contributed by atoms with van der Waals surface area (Å²) in [6, 6.07) is 0. The number of carbonyl (C=O) groups is 1. The zero-order valence-electron chi connectivity index (χ0n) is 11.2. The molecule has 2 aromatic rings. The molecule has 5 heteroatoms. The van der Waals surface area contributed by atoms with E-state index in [0.717, 1.165) is 42.5 Å². The van der Waals surface area contributed by atoms with Crippen LogP contribution in [0.25, 0.3) is 4.96 Å². The maximum absolute atomic E-state index is 12.3. The average Bonchev–Trinajstić information content (AvgIpc) is 2.86. The first-order chi connectivity index (χ1) is 9.22. The van der Waals surface area contributed by atoms with Crippen LogP contribution < -0.4 is 0 Å². The Kier molecular flexibility index (Phi) is 3.55. The Bertz CT molecular complexity index is 546. The van der Waals surface area contributed by atoms with E-state index in [2.05, 4.69) is 11.9 Å². The van der Waals surface area contributed by atoms with E-state index in [-0.39, 0.29) is 5.91 Å². The van der Waals surface area contributed by atoms with Crippen LogP contribution in [0.3, 0.4) is 0 Å². The van der Waals surface area contributed by atoms with Gasteiger partial charge in [-0.3, -0.25) is 9.20 Å². The first kappa shape index (κ1) is 12.7. The predicted molar refractivity (Wildman–Crippen MR) is 76.4 cm³/mol. The van der Waals surface area contributed by atoms with E-state index < -0.39 is 0 Å². The van der Waals surface area contributed by atoms with Crippen LogP contribution in [0.1, 0.15) is 31.9 Å². The number of nitrogens with zero attached hydrogens (tertiary/aromatic N) is 3. The van der Waals surface area contributed by atoms with Crippen LogP contribution in [0.15, 0.2) is 17.8 Å². The summed E-state index contributed by atoms with van der Waals surface area (Å²) in [5.74, 6) is 0.968. The fraction of sp³-hybridized carbons (Fsp3) is 0.571. The molecule has 19 heavy (non-hydrogen) atoms. The van der Waals surface area contributed by atoms with Gasteiger partial charge in [-0.05, 0) is 25.2 Å². The van der Waals surface area contributed by atoms with Crippen molar-refractivity contribution in [1.82, 2.24) is 14.3 Å². The van der Waals surface area contributed by atoms with Gasteiger partial charge in [0.1, 0.15) is 0 Å². The Morgan fingerprint density at radius 1 is 1.47 bits per heavy atom. The molecular formula is C14H19N3OS. The quantitative estimate of drug-likeness (QED) is 0.846. The standard InChI is InChI=1S/C14H19N3OS/c1-11-3-2-5-16(6-4-11)13(18)9-12-10-17-7-8-19-14(17)15-12/h7-8,10-11H,2-6,9H2,1H3/t11-/m0/s1. The molecule has 0 saturated carbocycles. The van der Waals surface area contributed by atoms with Gasteiger partial charge >= 0.3 is 0 Å². The molecule has 3 heterocycles. The molecule has 1 aliphatic rings. The normalized spacial score (nSPS) is 20.7. The monoisotopic (exact) mass is 277 g/mol. The summed E-state index contributed by atoms with van der Waals surface area (Å²) in [5.41, 5.74) is 0.883. The van der Waals surface area contributed by atoms with Crippen LogP contribution in [0.5, 0.6) is 0 Å². The minimum atomic E-state index is 0.222. The maximum atomic E-state index is 12.3. The van der Waals surface area contributed by atoms with Gasteiger partial charge in [-0.15, -0.1) is 11.3 Å². The molecule has 0 aliphatic carbocycles. The molecule has 0 unspecified atom stereocenters. The van der Waals surface area contributed by atoms with E-state index in [1.807, 2.05) is 27.1 Å². The molecule has 1 amide bonds. The highest BCUT2D eigenvalue weighted by atomic mass is 32.1. The number of rotatable bonds is 2. The molecular weight excluding hydrogens is 258 g/mol. The van der Waals surface area contributed by atoms with Crippen molar-refractivity contribution in [2.45, 2.75) is 32.6 Å². The second-order valence-corrected chi connectivity index (χ2v) is 6.29. The molecule has 2 aromatic heterocycles. The molecule has 0 spiro atoms. The lowest BCUT2D eigenvalue weighted by molar-refractivity contribution is -0.130. The number of imidazole rings is 1. The Morgan fingerprint density at radius 2 is 2.37 bits per heavy atom.